The molecule has 2 amide bonds. The quantitative estimate of drug-likeness (QED) is 0.435. The van der Waals surface area contributed by atoms with Gasteiger partial charge in [-0.05, 0) is 91.7 Å². The van der Waals surface area contributed by atoms with Gasteiger partial charge < -0.3 is 4.57 Å². The Morgan fingerprint density at radius 1 is 0.967 bits per heavy atom. The van der Waals surface area contributed by atoms with Crippen molar-refractivity contribution in [2.75, 3.05) is 4.90 Å². The molecule has 1 aliphatic heterocycles. The third kappa shape index (κ3) is 3.71. The van der Waals surface area contributed by atoms with Gasteiger partial charge in [-0.3, -0.25) is 9.59 Å². The van der Waals surface area contributed by atoms with Crippen molar-refractivity contribution in [1.29, 1.82) is 0 Å². The molecule has 4 nitrogen and oxygen atoms in total. The topological polar surface area (TPSA) is 42.3 Å². The number of nitrogens with zero attached hydrogens (tertiary/aromatic N) is 2. The van der Waals surface area contributed by atoms with Crippen LogP contribution in [0.1, 0.15) is 29.4 Å². The van der Waals surface area contributed by atoms with Gasteiger partial charge in [0.2, 0.25) is 0 Å². The fourth-order valence-corrected chi connectivity index (χ4v) is 4.59. The zero-order chi connectivity index (χ0) is 21.4. The molecule has 0 radical (unpaired) electrons. The Hall–Kier alpha value is -2.76. The van der Waals surface area contributed by atoms with Crippen LogP contribution < -0.4 is 4.90 Å². The van der Waals surface area contributed by atoms with Crippen LogP contribution in [-0.4, -0.2) is 15.7 Å². The third-order valence-electron chi connectivity index (χ3n) is 5.24. The molecule has 4 rings (SSSR count). The second-order valence-corrected chi connectivity index (χ2v) is 8.61. The number of halogens is 1. The summed E-state index contributed by atoms with van der Waals surface area (Å²) < 4.78 is 2.16. The minimum Gasteiger partial charge on any atom is -0.318 e. The average Bonchev–Trinajstić information content (AvgIpc) is 3.17. The first-order valence-electron chi connectivity index (χ1n) is 9.71. The molecule has 1 aromatic heterocycles. The maximum Gasteiger partial charge on any atom is 0.298 e. The van der Waals surface area contributed by atoms with E-state index >= 15 is 0 Å². The molecule has 1 saturated heterocycles. The number of rotatable bonds is 4. The molecule has 0 bridgehead atoms. The molecule has 0 saturated carbocycles. The fraction of sp³-hybridized carbons (Fsp3) is 0.167. The van der Waals surface area contributed by atoms with Crippen LogP contribution in [0.4, 0.5) is 10.5 Å². The van der Waals surface area contributed by atoms with E-state index in [1.165, 1.54) is 10.5 Å². The molecular weight excluding hydrogens is 416 g/mol. The summed E-state index contributed by atoms with van der Waals surface area (Å²) in [4.78, 5) is 27.0. The second-order valence-electron chi connectivity index (χ2n) is 7.18. The molecule has 3 aromatic rings. The Morgan fingerprint density at radius 3 is 2.23 bits per heavy atom. The Bertz CT molecular complexity index is 1160. The summed E-state index contributed by atoms with van der Waals surface area (Å²) in [6.45, 7) is 6.20. The van der Waals surface area contributed by atoms with E-state index < -0.39 is 0 Å². The van der Waals surface area contributed by atoms with Crippen molar-refractivity contribution in [3.05, 3.63) is 87.0 Å². The van der Waals surface area contributed by atoms with Crippen molar-refractivity contribution < 1.29 is 9.59 Å². The van der Waals surface area contributed by atoms with E-state index in [1.807, 2.05) is 19.9 Å². The lowest BCUT2D eigenvalue weighted by Crippen LogP contribution is -2.27. The number of amides is 2. The lowest BCUT2D eigenvalue weighted by Gasteiger charge is -2.12. The van der Waals surface area contributed by atoms with E-state index in [0.29, 0.717) is 15.6 Å². The van der Waals surface area contributed by atoms with Crippen molar-refractivity contribution in [3.63, 3.8) is 0 Å². The molecule has 1 fully saturated rings. The van der Waals surface area contributed by atoms with E-state index in [4.69, 9.17) is 11.6 Å². The Balaban J connectivity index is 1.67. The van der Waals surface area contributed by atoms with Crippen LogP contribution in [0.5, 0.6) is 0 Å². The molecule has 0 spiro atoms. The van der Waals surface area contributed by atoms with Crippen molar-refractivity contribution in [3.8, 4) is 5.69 Å². The van der Waals surface area contributed by atoms with Gasteiger partial charge in [-0.1, -0.05) is 30.7 Å². The summed E-state index contributed by atoms with van der Waals surface area (Å²) in [5.74, 6) is -0.315. The third-order valence-corrected chi connectivity index (χ3v) is 6.36. The van der Waals surface area contributed by atoms with Crippen molar-refractivity contribution in [1.82, 2.24) is 4.57 Å². The van der Waals surface area contributed by atoms with E-state index in [1.54, 1.807) is 30.3 Å². The molecule has 0 unspecified atom stereocenters. The predicted octanol–water partition coefficient (Wildman–Crippen LogP) is 6.55. The number of imide groups is 1. The standard InChI is InChI=1S/C24H21ClN2O2S/c1-4-17-5-9-20(10-6-17)26-15(2)13-18(16(26)3)14-22-23(28)27(24(29)30-22)21-11-7-19(25)8-12-21/h5-14H,4H2,1-3H3. The van der Waals surface area contributed by atoms with Gasteiger partial charge in [0.1, 0.15) is 0 Å². The molecule has 2 aromatic carbocycles. The number of thioether (sulfide) groups is 1. The van der Waals surface area contributed by atoms with Gasteiger partial charge in [0.15, 0.2) is 0 Å². The number of anilines is 1. The van der Waals surface area contributed by atoms with Crippen molar-refractivity contribution >= 4 is 46.3 Å². The molecule has 30 heavy (non-hydrogen) atoms. The minimum atomic E-state index is -0.315. The SMILES string of the molecule is CCc1ccc(-n2c(C)cc(C=C3SC(=O)N(c4ccc(Cl)cc4)C3=O)c2C)cc1. The summed E-state index contributed by atoms with van der Waals surface area (Å²) in [6.07, 6.45) is 2.80. The molecule has 2 heterocycles. The zero-order valence-corrected chi connectivity index (χ0v) is 18.6. The van der Waals surface area contributed by atoms with Crippen LogP contribution in [0.15, 0.2) is 59.5 Å². The highest BCUT2D eigenvalue weighted by Gasteiger charge is 2.36. The monoisotopic (exact) mass is 436 g/mol. The van der Waals surface area contributed by atoms with E-state index in [0.717, 1.165) is 40.8 Å². The van der Waals surface area contributed by atoms with E-state index in [9.17, 15) is 9.59 Å². The van der Waals surface area contributed by atoms with Gasteiger partial charge in [0, 0.05) is 22.1 Å². The minimum absolute atomic E-state index is 0.308. The summed E-state index contributed by atoms with van der Waals surface area (Å²) in [6, 6.07) is 17.2. The largest absolute Gasteiger partial charge is 0.318 e. The number of hydrogen-bond acceptors (Lipinski definition) is 3. The fourth-order valence-electron chi connectivity index (χ4n) is 3.63. The molecule has 152 valence electrons. The van der Waals surface area contributed by atoms with Crippen molar-refractivity contribution in [2.45, 2.75) is 27.2 Å². The normalized spacial score (nSPS) is 15.5. The number of aryl methyl sites for hydroxylation is 2. The average molecular weight is 437 g/mol. The zero-order valence-electron chi connectivity index (χ0n) is 17.0. The number of aromatic nitrogens is 1. The van der Waals surface area contributed by atoms with E-state index in [-0.39, 0.29) is 11.1 Å². The predicted molar refractivity (Wildman–Crippen MR) is 125 cm³/mol. The lowest BCUT2D eigenvalue weighted by atomic mass is 10.1. The smallest absolute Gasteiger partial charge is 0.298 e. The molecule has 0 atom stereocenters. The molecule has 6 heteroatoms. The number of carbonyl (C=O) groups is 2. The van der Waals surface area contributed by atoms with Gasteiger partial charge in [-0.15, -0.1) is 0 Å². The van der Waals surface area contributed by atoms with Crippen LogP contribution in [-0.2, 0) is 11.2 Å². The molecule has 1 aliphatic rings. The van der Waals surface area contributed by atoms with Crippen molar-refractivity contribution in [2.24, 2.45) is 0 Å². The Morgan fingerprint density at radius 2 is 1.60 bits per heavy atom. The maximum absolute atomic E-state index is 12.9. The highest BCUT2D eigenvalue weighted by molar-refractivity contribution is 8.19. The van der Waals surface area contributed by atoms with Gasteiger partial charge in [-0.25, -0.2) is 4.90 Å². The molecule has 0 aliphatic carbocycles. The Labute approximate surface area is 185 Å². The van der Waals surface area contributed by atoms with E-state index in [2.05, 4.69) is 35.8 Å². The summed E-state index contributed by atoms with van der Waals surface area (Å²) in [5, 5.41) is 0.248. The first-order valence-corrected chi connectivity index (χ1v) is 10.9. The molecule has 0 N–H and O–H groups in total. The maximum atomic E-state index is 12.9. The lowest BCUT2D eigenvalue weighted by molar-refractivity contribution is -0.113. The van der Waals surface area contributed by atoms with Gasteiger partial charge in [0.05, 0.1) is 10.6 Å². The molecular formula is C24H21ClN2O2S. The van der Waals surface area contributed by atoms with Gasteiger partial charge in [0.25, 0.3) is 11.1 Å². The Kier molecular flexibility index (Phi) is 5.58. The number of carbonyl (C=O) groups excluding carboxylic acids is 2. The van der Waals surface area contributed by atoms with Crippen LogP contribution in [0.2, 0.25) is 5.02 Å². The highest BCUT2D eigenvalue weighted by atomic mass is 35.5. The number of hydrogen-bond donors (Lipinski definition) is 0. The highest BCUT2D eigenvalue weighted by Crippen LogP contribution is 2.37. The van der Waals surface area contributed by atoms with Gasteiger partial charge in [-0.2, -0.15) is 0 Å². The van der Waals surface area contributed by atoms with Gasteiger partial charge >= 0.3 is 0 Å². The first-order chi connectivity index (χ1) is 14.4. The summed E-state index contributed by atoms with van der Waals surface area (Å²) >= 11 is 6.88. The second kappa shape index (κ2) is 8.17. The van der Waals surface area contributed by atoms with Crippen LogP contribution >= 0.6 is 23.4 Å². The first kappa shape index (κ1) is 20.5. The van der Waals surface area contributed by atoms with Crippen LogP contribution in [0, 0.1) is 13.8 Å². The summed E-state index contributed by atoms with van der Waals surface area (Å²) in [5.41, 5.74) is 5.91. The van der Waals surface area contributed by atoms with Crippen LogP contribution in [0.25, 0.3) is 11.8 Å². The van der Waals surface area contributed by atoms with Crippen LogP contribution in [0.3, 0.4) is 0 Å². The summed E-state index contributed by atoms with van der Waals surface area (Å²) in [7, 11) is 0. The number of benzene rings is 2.